The second-order valence-electron chi connectivity index (χ2n) is 5.28. The van der Waals surface area contributed by atoms with Crippen molar-refractivity contribution in [2.24, 2.45) is 0 Å². The fourth-order valence-corrected chi connectivity index (χ4v) is 3.63. The summed E-state index contributed by atoms with van der Waals surface area (Å²) in [5.41, 5.74) is 1.29. The van der Waals surface area contributed by atoms with E-state index in [-0.39, 0.29) is 17.4 Å². The van der Waals surface area contributed by atoms with Crippen LogP contribution in [0, 0.1) is 6.92 Å². The Morgan fingerprint density at radius 1 is 1.16 bits per heavy atom. The fraction of sp³-hybridized carbons (Fsp3) is 0.235. The van der Waals surface area contributed by atoms with Crippen molar-refractivity contribution in [2.75, 3.05) is 23.3 Å². The number of carbonyl (C=O) groups excluding carboxylic acids is 1. The van der Waals surface area contributed by atoms with Gasteiger partial charge in [-0.3, -0.25) is 9.52 Å². The van der Waals surface area contributed by atoms with Gasteiger partial charge in [-0.1, -0.05) is 23.7 Å². The van der Waals surface area contributed by atoms with Crippen molar-refractivity contribution in [2.45, 2.75) is 18.7 Å². The minimum Gasteiger partial charge on any atom is -0.372 e. The van der Waals surface area contributed by atoms with Crippen LogP contribution in [0.3, 0.4) is 0 Å². The minimum atomic E-state index is -3.83. The van der Waals surface area contributed by atoms with Crippen LogP contribution in [0.25, 0.3) is 0 Å². The summed E-state index contributed by atoms with van der Waals surface area (Å²) in [5.74, 6) is -0.350. The number of hydrogen-bond acceptors (Lipinski definition) is 4. The predicted molar refractivity (Wildman–Crippen MR) is 98.6 cm³/mol. The Hall–Kier alpha value is -2.09. The van der Waals surface area contributed by atoms with Gasteiger partial charge < -0.3 is 10.1 Å². The van der Waals surface area contributed by atoms with E-state index in [0.717, 1.165) is 0 Å². The largest absolute Gasteiger partial charge is 0.372 e. The van der Waals surface area contributed by atoms with Crippen LogP contribution < -0.4 is 10.0 Å². The number of ether oxygens (including phenoxy) is 1. The highest BCUT2D eigenvalue weighted by Gasteiger charge is 2.18. The van der Waals surface area contributed by atoms with Crippen LogP contribution in [0.1, 0.15) is 12.5 Å². The first-order chi connectivity index (χ1) is 11.8. The molecule has 8 heteroatoms. The zero-order valence-corrected chi connectivity index (χ0v) is 15.4. The number of nitrogens with one attached hydrogen (secondary N) is 2. The Labute approximate surface area is 152 Å². The molecule has 0 saturated heterocycles. The Kier molecular flexibility index (Phi) is 6.41. The van der Waals surface area contributed by atoms with Gasteiger partial charge in [0.15, 0.2) is 0 Å². The Balaban J connectivity index is 2.24. The molecular weight excluding hydrogens is 364 g/mol. The molecule has 0 atom stereocenters. The van der Waals surface area contributed by atoms with E-state index in [9.17, 15) is 13.2 Å². The summed E-state index contributed by atoms with van der Waals surface area (Å²) in [7, 11) is -3.83. The summed E-state index contributed by atoms with van der Waals surface area (Å²) >= 11 is 5.88. The van der Waals surface area contributed by atoms with Gasteiger partial charge in [-0.15, -0.1) is 0 Å². The molecule has 2 N–H and O–H groups in total. The van der Waals surface area contributed by atoms with Crippen molar-refractivity contribution in [3.8, 4) is 0 Å². The number of benzene rings is 2. The first-order valence-corrected chi connectivity index (χ1v) is 9.44. The molecule has 0 aliphatic heterocycles. The minimum absolute atomic E-state index is 0.0710. The highest BCUT2D eigenvalue weighted by atomic mass is 35.5. The van der Waals surface area contributed by atoms with Gasteiger partial charge in [0.2, 0.25) is 5.91 Å². The molecule has 6 nitrogen and oxygen atoms in total. The fourth-order valence-electron chi connectivity index (χ4n) is 2.12. The second-order valence-corrected chi connectivity index (χ2v) is 7.37. The Bertz CT molecular complexity index is 869. The van der Waals surface area contributed by atoms with Crippen molar-refractivity contribution < 1.29 is 17.9 Å². The number of aryl methyl sites for hydroxylation is 1. The second kappa shape index (κ2) is 8.33. The molecule has 0 radical (unpaired) electrons. The molecule has 0 bridgehead atoms. The van der Waals surface area contributed by atoms with E-state index in [2.05, 4.69) is 10.0 Å². The monoisotopic (exact) mass is 382 g/mol. The average Bonchev–Trinajstić information content (AvgIpc) is 2.54. The van der Waals surface area contributed by atoms with Gasteiger partial charge in [0, 0.05) is 17.3 Å². The molecule has 0 saturated carbocycles. The molecular formula is C17H19ClN2O4S. The molecule has 25 heavy (non-hydrogen) atoms. The number of hydrogen-bond donors (Lipinski definition) is 2. The van der Waals surface area contributed by atoms with Gasteiger partial charge >= 0.3 is 0 Å². The lowest BCUT2D eigenvalue weighted by Gasteiger charge is -2.13. The van der Waals surface area contributed by atoms with Crippen LogP contribution in [0.5, 0.6) is 0 Å². The van der Waals surface area contributed by atoms with Crippen LogP contribution in [-0.2, 0) is 19.6 Å². The van der Waals surface area contributed by atoms with E-state index >= 15 is 0 Å². The summed E-state index contributed by atoms with van der Waals surface area (Å²) in [4.78, 5) is 11.8. The topological polar surface area (TPSA) is 84.5 Å². The highest BCUT2D eigenvalue weighted by molar-refractivity contribution is 7.92. The van der Waals surface area contributed by atoms with Crippen molar-refractivity contribution in [3.63, 3.8) is 0 Å². The molecule has 0 spiro atoms. The van der Waals surface area contributed by atoms with E-state index in [1.165, 1.54) is 12.1 Å². The number of rotatable bonds is 7. The van der Waals surface area contributed by atoms with E-state index in [1.54, 1.807) is 44.2 Å². The van der Waals surface area contributed by atoms with Crippen molar-refractivity contribution in [1.82, 2.24) is 0 Å². The zero-order chi connectivity index (χ0) is 18.4. The van der Waals surface area contributed by atoms with Gasteiger partial charge in [-0.25, -0.2) is 8.42 Å². The lowest BCUT2D eigenvalue weighted by atomic mass is 10.2. The van der Waals surface area contributed by atoms with E-state index in [4.69, 9.17) is 16.3 Å². The Morgan fingerprint density at radius 2 is 1.92 bits per heavy atom. The third-order valence-corrected chi connectivity index (χ3v) is 5.03. The van der Waals surface area contributed by atoms with Gasteiger partial charge in [-0.2, -0.15) is 0 Å². The maximum Gasteiger partial charge on any atom is 0.262 e. The van der Waals surface area contributed by atoms with E-state index in [1.807, 2.05) is 0 Å². The highest BCUT2D eigenvalue weighted by Crippen LogP contribution is 2.24. The SMILES string of the molecule is CCOCC(=O)Nc1ccc(C)c(S(=O)(=O)Nc2cccc(Cl)c2)c1. The smallest absolute Gasteiger partial charge is 0.262 e. The van der Waals surface area contributed by atoms with Gasteiger partial charge in [0.1, 0.15) is 6.61 Å². The van der Waals surface area contributed by atoms with E-state index in [0.29, 0.717) is 28.6 Å². The summed E-state index contributed by atoms with van der Waals surface area (Å²) in [5, 5.41) is 3.04. The van der Waals surface area contributed by atoms with E-state index < -0.39 is 10.0 Å². The third-order valence-electron chi connectivity index (χ3n) is 3.28. The molecule has 1 amide bonds. The maximum atomic E-state index is 12.7. The number of carbonyl (C=O) groups is 1. The first-order valence-electron chi connectivity index (χ1n) is 7.58. The molecule has 134 valence electrons. The Morgan fingerprint density at radius 3 is 2.60 bits per heavy atom. The third kappa shape index (κ3) is 5.45. The molecule has 2 aromatic carbocycles. The summed E-state index contributed by atoms with van der Waals surface area (Å²) in [6, 6.07) is 11.1. The molecule has 2 aromatic rings. The average molecular weight is 383 g/mol. The molecule has 0 heterocycles. The molecule has 0 fully saturated rings. The van der Waals surface area contributed by atoms with Crippen molar-refractivity contribution in [1.29, 1.82) is 0 Å². The molecule has 0 aliphatic carbocycles. The van der Waals surface area contributed by atoms with Crippen molar-refractivity contribution >= 4 is 38.9 Å². The first kappa shape index (κ1) is 19.2. The number of amides is 1. The predicted octanol–water partition coefficient (Wildman–Crippen LogP) is 3.42. The zero-order valence-electron chi connectivity index (χ0n) is 13.9. The van der Waals surface area contributed by atoms with Crippen LogP contribution >= 0.6 is 11.6 Å². The van der Waals surface area contributed by atoms with Crippen LogP contribution in [0.15, 0.2) is 47.4 Å². The maximum absolute atomic E-state index is 12.7. The molecule has 0 unspecified atom stereocenters. The summed E-state index contributed by atoms with van der Waals surface area (Å²) in [6.45, 7) is 3.79. The lowest BCUT2D eigenvalue weighted by molar-refractivity contribution is -0.120. The number of halogens is 1. The van der Waals surface area contributed by atoms with Crippen molar-refractivity contribution in [3.05, 3.63) is 53.1 Å². The van der Waals surface area contributed by atoms with Gasteiger partial charge in [0.05, 0.1) is 10.6 Å². The summed E-state index contributed by atoms with van der Waals surface area (Å²) < 4.78 is 32.8. The van der Waals surface area contributed by atoms with Gasteiger partial charge in [0.25, 0.3) is 10.0 Å². The lowest BCUT2D eigenvalue weighted by Crippen LogP contribution is -2.19. The normalized spacial score (nSPS) is 11.2. The molecule has 0 aliphatic rings. The number of anilines is 2. The molecule has 2 rings (SSSR count). The summed E-state index contributed by atoms with van der Waals surface area (Å²) in [6.07, 6.45) is 0. The van der Waals surface area contributed by atoms with Gasteiger partial charge in [-0.05, 0) is 49.7 Å². The number of sulfonamides is 1. The van der Waals surface area contributed by atoms with Crippen LogP contribution in [0.2, 0.25) is 5.02 Å². The molecule has 0 aromatic heterocycles. The quantitative estimate of drug-likeness (QED) is 0.768. The standard InChI is InChI=1S/C17H19ClN2O4S/c1-3-24-11-17(21)19-14-8-7-12(2)16(10-14)25(22,23)20-15-6-4-5-13(18)9-15/h4-10,20H,3,11H2,1-2H3,(H,19,21). The van der Waals surface area contributed by atoms with Crippen LogP contribution in [0.4, 0.5) is 11.4 Å². The van der Waals surface area contributed by atoms with Crippen LogP contribution in [-0.4, -0.2) is 27.5 Å².